The van der Waals surface area contributed by atoms with Crippen LogP contribution in [0, 0.1) is 0 Å². The maximum Gasteiger partial charge on any atom is 0.303 e. The highest BCUT2D eigenvalue weighted by Crippen LogP contribution is 2.28. The molecule has 0 radical (unpaired) electrons. The molecule has 6 nitrogen and oxygen atoms in total. The van der Waals surface area contributed by atoms with Gasteiger partial charge in [0, 0.05) is 17.5 Å². The summed E-state index contributed by atoms with van der Waals surface area (Å²) in [5.74, 6) is 0.727. The molecule has 0 aliphatic heterocycles. The predicted octanol–water partition coefficient (Wildman–Crippen LogP) is 5.68. The molecule has 0 aliphatic rings. The molecule has 0 aromatic heterocycles. The zero-order valence-electron chi connectivity index (χ0n) is 18.5. The van der Waals surface area contributed by atoms with Crippen LogP contribution < -0.4 is 9.47 Å². The summed E-state index contributed by atoms with van der Waals surface area (Å²) < 4.78 is 11.9. The van der Waals surface area contributed by atoms with Gasteiger partial charge < -0.3 is 19.4 Å². The Morgan fingerprint density at radius 3 is 1.87 bits per heavy atom. The Kier molecular flexibility index (Phi) is 11.0. The van der Waals surface area contributed by atoms with Crippen molar-refractivity contribution in [2.75, 3.05) is 19.8 Å². The van der Waals surface area contributed by atoms with Crippen LogP contribution in [0.1, 0.15) is 63.5 Å². The summed E-state index contributed by atoms with van der Waals surface area (Å²) in [5, 5.41) is 13.2. The molecule has 6 heteroatoms. The number of carboxylic acids is 1. The first kappa shape index (κ1) is 24.3. The van der Waals surface area contributed by atoms with Gasteiger partial charge in [-0.2, -0.15) is 0 Å². The lowest BCUT2D eigenvalue weighted by atomic mass is 10.0. The standard InChI is InChI=1S/C25H33NO5/c1-3-17-29-22-14-9-7-12-20(22)25(26-31-19-11-5-6-16-24(27)28)21-13-8-10-15-23(21)30-18-4-2/h7-10,12-15H,3-6,11,16-19H2,1-2H3,(H,27,28). The summed E-state index contributed by atoms with van der Waals surface area (Å²) >= 11 is 0. The third-order valence-corrected chi connectivity index (χ3v) is 4.49. The predicted molar refractivity (Wildman–Crippen MR) is 122 cm³/mol. The van der Waals surface area contributed by atoms with Gasteiger partial charge in [-0.3, -0.25) is 4.79 Å². The molecule has 0 atom stereocenters. The zero-order chi connectivity index (χ0) is 22.3. The molecule has 2 rings (SSSR count). The molecule has 0 spiro atoms. The van der Waals surface area contributed by atoms with E-state index in [2.05, 4.69) is 19.0 Å². The summed E-state index contributed by atoms with van der Waals surface area (Å²) in [6, 6.07) is 15.6. The maximum atomic E-state index is 10.6. The Balaban J connectivity index is 2.26. The van der Waals surface area contributed by atoms with E-state index in [9.17, 15) is 4.79 Å². The minimum Gasteiger partial charge on any atom is -0.493 e. The van der Waals surface area contributed by atoms with Gasteiger partial charge in [-0.05, 0) is 56.4 Å². The number of carboxylic acid groups (broad SMARTS) is 1. The quantitative estimate of drug-likeness (QED) is 0.225. The van der Waals surface area contributed by atoms with Crippen molar-refractivity contribution < 1.29 is 24.2 Å². The third-order valence-electron chi connectivity index (χ3n) is 4.49. The molecule has 0 saturated carbocycles. The highest BCUT2D eigenvalue weighted by atomic mass is 16.6. The Labute approximate surface area is 184 Å². The number of hydrogen-bond acceptors (Lipinski definition) is 5. The van der Waals surface area contributed by atoms with Gasteiger partial charge in [-0.1, -0.05) is 43.3 Å². The van der Waals surface area contributed by atoms with Gasteiger partial charge >= 0.3 is 5.97 Å². The molecule has 0 fully saturated rings. The second-order valence-electron chi connectivity index (χ2n) is 7.17. The number of unbranched alkanes of at least 4 members (excludes halogenated alkanes) is 2. The zero-order valence-corrected chi connectivity index (χ0v) is 18.5. The van der Waals surface area contributed by atoms with Crippen LogP contribution >= 0.6 is 0 Å². The molecule has 2 aromatic rings. The number of nitrogens with zero attached hydrogens (tertiary/aromatic N) is 1. The van der Waals surface area contributed by atoms with Crippen molar-refractivity contribution in [1.82, 2.24) is 0 Å². The van der Waals surface area contributed by atoms with E-state index in [0.717, 1.165) is 48.3 Å². The van der Waals surface area contributed by atoms with E-state index in [1.165, 1.54) is 0 Å². The molecule has 0 heterocycles. The van der Waals surface area contributed by atoms with Crippen LogP contribution in [0.5, 0.6) is 11.5 Å². The van der Waals surface area contributed by atoms with Crippen LogP contribution in [0.4, 0.5) is 0 Å². The van der Waals surface area contributed by atoms with Gasteiger partial charge in [0.15, 0.2) is 0 Å². The van der Waals surface area contributed by atoms with E-state index in [4.69, 9.17) is 19.4 Å². The van der Waals surface area contributed by atoms with Gasteiger partial charge in [-0.15, -0.1) is 0 Å². The molecule has 31 heavy (non-hydrogen) atoms. The molecular formula is C25H33NO5. The molecule has 168 valence electrons. The molecule has 0 bridgehead atoms. The fourth-order valence-electron chi connectivity index (χ4n) is 2.97. The average Bonchev–Trinajstić information content (AvgIpc) is 2.78. The molecule has 0 amide bonds. The number of carbonyl (C=O) groups is 1. The van der Waals surface area contributed by atoms with E-state index in [1.54, 1.807) is 0 Å². The Morgan fingerprint density at radius 2 is 1.35 bits per heavy atom. The van der Waals surface area contributed by atoms with E-state index < -0.39 is 5.97 Å². The number of para-hydroxylation sites is 2. The topological polar surface area (TPSA) is 77.4 Å². The van der Waals surface area contributed by atoms with Crippen molar-refractivity contribution in [3.05, 3.63) is 59.7 Å². The van der Waals surface area contributed by atoms with Gasteiger partial charge in [0.2, 0.25) is 0 Å². The Hall–Kier alpha value is -3.02. The van der Waals surface area contributed by atoms with Crippen molar-refractivity contribution in [3.63, 3.8) is 0 Å². The van der Waals surface area contributed by atoms with Crippen molar-refractivity contribution in [2.24, 2.45) is 5.16 Å². The molecular weight excluding hydrogens is 394 g/mol. The van der Waals surface area contributed by atoms with Gasteiger partial charge in [0.05, 0.1) is 13.2 Å². The minimum atomic E-state index is -0.770. The molecule has 0 aliphatic carbocycles. The number of hydrogen-bond donors (Lipinski definition) is 1. The number of ether oxygens (including phenoxy) is 2. The van der Waals surface area contributed by atoms with Crippen molar-refractivity contribution in [2.45, 2.75) is 52.4 Å². The summed E-state index contributed by atoms with van der Waals surface area (Å²) in [5.41, 5.74) is 2.34. The largest absolute Gasteiger partial charge is 0.493 e. The molecule has 2 aromatic carbocycles. The van der Waals surface area contributed by atoms with E-state index in [0.29, 0.717) is 32.0 Å². The van der Waals surface area contributed by atoms with E-state index >= 15 is 0 Å². The van der Waals surface area contributed by atoms with E-state index in [1.807, 2.05) is 48.5 Å². The summed E-state index contributed by atoms with van der Waals surface area (Å²) in [7, 11) is 0. The Morgan fingerprint density at radius 1 is 0.806 bits per heavy atom. The van der Waals surface area contributed by atoms with Crippen LogP contribution in [-0.2, 0) is 9.63 Å². The molecule has 0 unspecified atom stereocenters. The lowest BCUT2D eigenvalue weighted by Crippen LogP contribution is -2.11. The lowest BCUT2D eigenvalue weighted by Gasteiger charge is -2.16. The normalized spacial score (nSPS) is 10.4. The van der Waals surface area contributed by atoms with Crippen LogP contribution in [0.25, 0.3) is 0 Å². The fourth-order valence-corrected chi connectivity index (χ4v) is 2.97. The van der Waals surface area contributed by atoms with Crippen molar-refractivity contribution in [3.8, 4) is 11.5 Å². The monoisotopic (exact) mass is 427 g/mol. The number of oxime groups is 1. The van der Waals surface area contributed by atoms with Crippen LogP contribution in [0.2, 0.25) is 0 Å². The van der Waals surface area contributed by atoms with Crippen LogP contribution in [0.15, 0.2) is 53.7 Å². The first-order valence-corrected chi connectivity index (χ1v) is 11.0. The SMILES string of the molecule is CCCOc1ccccc1C(=NOCCCCCC(=O)O)c1ccccc1OCCC. The highest BCUT2D eigenvalue weighted by molar-refractivity contribution is 6.15. The second-order valence-corrected chi connectivity index (χ2v) is 7.17. The summed E-state index contributed by atoms with van der Waals surface area (Å²) in [6.45, 7) is 5.78. The van der Waals surface area contributed by atoms with Gasteiger partial charge in [0.25, 0.3) is 0 Å². The first-order chi connectivity index (χ1) is 15.2. The van der Waals surface area contributed by atoms with Gasteiger partial charge in [-0.25, -0.2) is 0 Å². The summed E-state index contributed by atoms with van der Waals surface area (Å²) in [6.07, 6.45) is 4.15. The summed E-state index contributed by atoms with van der Waals surface area (Å²) in [4.78, 5) is 16.3. The third kappa shape index (κ3) is 8.32. The minimum absolute atomic E-state index is 0.179. The number of benzene rings is 2. The smallest absolute Gasteiger partial charge is 0.303 e. The average molecular weight is 428 g/mol. The molecule has 0 saturated heterocycles. The fraction of sp³-hybridized carbons (Fsp3) is 0.440. The number of aliphatic carboxylic acids is 1. The number of rotatable bonds is 15. The van der Waals surface area contributed by atoms with Crippen molar-refractivity contribution >= 4 is 11.7 Å². The highest BCUT2D eigenvalue weighted by Gasteiger charge is 2.18. The van der Waals surface area contributed by atoms with Crippen LogP contribution in [0.3, 0.4) is 0 Å². The Bertz CT molecular complexity index is 781. The van der Waals surface area contributed by atoms with Crippen molar-refractivity contribution in [1.29, 1.82) is 0 Å². The molecule has 1 N–H and O–H groups in total. The van der Waals surface area contributed by atoms with Gasteiger partial charge in [0.1, 0.15) is 23.8 Å². The second kappa shape index (κ2) is 14.1. The maximum absolute atomic E-state index is 10.6. The van der Waals surface area contributed by atoms with E-state index in [-0.39, 0.29) is 6.42 Å². The first-order valence-electron chi connectivity index (χ1n) is 11.0. The lowest BCUT2D eigenvalue weighted by molar-refractivity contribution is -0.137. The van der Waals surface area contributed by atoms with Crippen LogP contribution in [-0.4, -0.2) is 36.6 Å².